The van der Waals surface area contributed by atoms with Gasteiger partial charge in [-0.05, 0) is 97.7 Å². The number of benzene rings is 2. The summed E-state index contributed by atoms with van der Waals surface area (Å²) in [6.45, 7) is 5.80. The van der Waals surface area contributed by atoms with Gasteiger partial charge in [0.25, 0.3) is 5.91 Å². The number of halogens is 1. The topological polar surface area (TPSA) is 79.5 Å². The van der Waals surface area contributed by atoms with Crippen molar-refractivity contribution in [2.75, 3.05) is 10.6 Å². The number of aryl methyl sites for hydroxylation is 1. The van der Waals surface area contributed by atoms with Gasteiger partial charge in [0.15, 0.2) is 5.11 Å². The highest BCUT2D eigenvalue weighted by atomic mass is 79.9. The fourth-order valence-electron chi connectivity index (χ4n) is 2.74. The number of ether oxygens (including phenoxy) is 1. The molecule has 6 nitrogen and oxygen atoms in total. The molecule has 0 aromatic heterocycles. The molecule has 0 spiro atoms. The molecule has 1 aliphatic rings. The summed E-state index contributed by atoms with van der Waals surface area (Å²) in [5.74, 6) is 0.501. The molecule has 0 aliphatic heterocycles. The summed E-state index contributed by atoms with van der Waals surface area (Å²) in [4.78, 5) is 24.6. The number of anilines is 2. The number of thiocarbonyl (C=S) groups is 1. The molecule has 2 aromatic rings. The van der Waals surface area contributed by atoms with Gasteiger partial charge in [-0.25, -0.2) is 0 Å². The molecule has 0 radical (unpaired) electrons. The van der Waals surface area contributed by atoms with Crippen LogP contribution in [0.15, 0.2) is 40.9 Å². The van der Waals surface area contributed by atoms with E-state index in [4.69, 9.17) is 17.0 Å². The van der Waals surface area contributed by atoms with Gasteiger partial charge in [-0.3, -0.25) is 14.9 Å². The molecule has 0 atom stereocenters. The number of hydrogen-bond donors (Lipinski definition) is 3. The molecule has 2 aromatic carbocycles. The Kier molecular flexibility index (Phi) is 7.10. The maximum Gasteiger partial charge on any atom is 0.257 e. The van der Waals surface area contributed by atoms with E-state index in [1.807, 2.05) is 39.0 Å². The molecule has 2 amide bonds. The lowest BCUT2D eigenvalue weighted by atomic mass is 10.1. The second-order valence-corrected chi connectivity index (χ2v) is 8.78. The first-order valence-electron chi connectivity index (χ1n) is 9.73. The zero-order valence-corrected chi connectivity index (χ0v) is 19.4. The molecular formula is C22H24BrN3O3S. The van der Waals surface area contributed by atoms with E-state index in [-0.39, 0.29) is 28.9 Å². The molecule has 8 heteroatoms. The lowest BCUT2D eigenvalue weighted by molar-refractivity contribution is -0.117. The lowest BCUT2D eigenvalue weighted by Gasteiger charge is -2.14. The molecular weight excluding hydrogens is 466 g/mol. The smallest absolute Gasteiger partial charge is 0.257 e. The molecule has 0 bridgehead atoms. The second kappa shape index (κ2) is 9.57. The summed E-state index contributed by atoms with van der Waals surface area (Å²) in [6, 6.07) is 10.6. The van der Waals surface area contributed by atoms with Crippen LogP contribution in [-0.4, -0.2) is 23.0 Å². The summed E-state index contributed by atoms with van der Waals surface area (Å²) in [5.41, 5.74) is 2.82. The summed E-state index contributed by atoms with van der Waals surface area (Å²) >= 11 is 8.70. The van der Waals surface area contributed by atoms with Gasteiger partial charge in [-0.2, -0.15) is 0 Å². The van der Waals surface area contributed by atoms with Crippen LogP contribution in [-0.2, 0) is 4.79 Å². The van der Waals surface area contributed by atoms with E-state index < -0.39 is 0 Å². The van der Waals surface area contributed by atoms with E-state index >= 15 is 0 Å². The monoisotopic (exact) mass is 489 g/mol. The molecule has 3 rings (SSSR count). The summed E-state index contributed by atoms with van der Waals surface area (Å²) in [5, 5.41) is 8.78. The van der Waals surface area contributed by atoms with Gasteiger partial charge in [0.1, 0.15) is 5.75 Å². The van der Waals surface area contributed by atoms with Gasteiger partial charge in [-0.15, -0.1) is 0 Å². The van der Waals surface area contributed by atoms with Crippen molar-refractivity contribution in [3.8, 4) is 5.75 Å². The Bertz CT molecular complexity index is 990. The quantitative estimate of drug-likeness (QED) is 0.496. The maximum absolute atomic E-state index is 12.5. The highest BCUT2D eigenvalue weighted by Crippen LogP contribution is 2.31. The van der Waals surface area contributed by atoms with Crippen molar-refractivity contribution < 1.29 is 14.3 Å². The minimum atomic E-state index is -0.335. The lowest BCUT2D eigenvalue weighted by Crippen LogP contribution is -2.34. The molecule has 3 N–H and O–H groups in total. The minimum absolute atomic E-state index is 0.0335. The van der Waals surface area contributed by atoms with Crippen LogP contribution in [0, 0.1) is 12.8 Å². The molecule has 0 unspecified atom stereocenters. The van der Waals surface area contributed by atoms with E-state index in [9.17, 15) is 9.59 Å². The predicted molar refractivity (Wildman–Crippen MR) is 126 cm³/mol. The second-order valence-electron chi connectivity index (χ2n) is 7.51. The highest BCUT2D eigenvalue weighted by Gasteiger charge is 2.29. The van der Waals surface area contributed by atoms with Crippen molar-refractivity contribution in [2.24, 2.45) is 5.92 Å². The van der Waals surface area contributed by atoms with E-state index in [1.165, 1.54) is 0 Å². The zero-order valence-electron chi connectivity index (χ0n) is 17.0. The Labute approximate surface area is 189 Å². The highest BCUT2D eigenvalue weighted by molar-refractivity contribution is 9.10. The van der Waals surface area contributed by atoms with Crippen molar-refractivity contribution >= 4 is 56.4 Å². The van der Waals surface area contributed by atoms with E-state index in [0.717, 1.165) is 24.1 Å². The summed E-state index contributed by atoms with van der Waals surface area (Å²) in [6.07, 6.45) is 1.92. The van der Waals surface area contributed by atoms with Gasteiger partial charge in [0, 0.05) is 22.9 Å². The number of nitrogens with one attached hydrogen (secondary N) is 3. The van der Waals surface area contributed by atoms with Crippen molar-refractivity contribution in [3.05, 3.63) is 52.0 Å². The first-order valence-corrected chi connectivity index (χ1v) is 10.9. The Morgan fingerprint density at radius 1 is 1.13 bits per heavy atom. The normalized spacial score (nSPS) is 13.0. The summed E-state index contributed by atoms with van der Waals surface area (Å²) in [7, 11) is 0. The first kappa shape index (κ1) is 22.2. The number of carbonyl (C=O) groups excluding carboxylic acids is 2. The molecule has 158 valence electrons. The Balaban J connectivity index is 1.61. The average molecular weight is 490 g/mol. The van der Waals surface area contributed by atoms with Crippen LogP contribution in [0.4, 0.5) is 11.4 Å². The number of amides is 2. The standard InChI is InChI=1S/C22H24BrN3O3S/c1-12(2)29-19-9-7-15(10-17(19)23)21(28)26-22(30)24-16-8-4-13(3)18(11-16)25-20(27)14-5-6-14/h4,7-12,14H,5-6H2,1-3H3,(H,25,27)(H2,24,26,28,30). The van der Waals surface area contributed by atoms with E-state index in [2.05, 4.69) is 31.9 Å². The number of rotatable bonds is 6. The van der Waals surface area contributed by atoms with Gasteiger partial charge in [0.2, 0.25) is 5.91 Å². The Morgan fingerprint density at radius 3 is 2.50 bits per heavy atom. The fraction of sp³-hybridized carbons (Fsp3) is 0.318. The Hall–Kier alpha value is -2.45. The van der Waals surface area contributed by atoms with E-state index in [0.29, 0.717) is 21.5 Å². The predicted octanol–water partition coefficient (Wildman–Crippen LogP) is 5.02. The van der Waals surface area contributed by atoms with Gasteiger partial charge >= 0.3 is 0 Å². The molecule has 30 heavy (non-hydrogen) atoms. The summed E-state index contributed by atoms with van der Waals surface area (Å²) < 4.78 is 6.35. The van der Waals surface area contributed by atoms with Gasteiger partial charge in [0.05, 0.1) is 10.6 Å². The first-order chi connectivity index (χ1) is 14.2. The third kappa shape index (κ3) is 6.03. The third-order valence-corrected chi connectivity index (χ3v) is 5.31. The minimum Gasteiger partial charge on any atom is -0.490 e. The van der Waals surface area contributed by atoms with Crippen molar-refractivity contribution in [3.63, 3.8) is 0 Å². The SMILES string of the molecule is Cc1ccc(NC(=S)NC(=O)c2ccc(OC(C)C)c(Br)c2)cc1NC(=O)C1CC1. The van der Waals surface area contributed by atoms with Crippen molar-refractivity contribution in [2.45, 2.75) is 39.7 Å². The van der Waals surface area contributed by atoms with Crippen LogP contribution < -0.4 is 20.7 Å². The number of hydrogen-bond acceptors (Lipinski definition) is 4. The number of carbonyl (C=O) groups is 2. The third-order valence-electron chi connectivity index (χ3n) is 4.49. The van der Waals surface area contributed by atoms with Gasteiger partial charge in [-0.1, -0.05) is 6.07 Å². The zero-order chi connectivity index (χ0) is 21.8. The molecule has 1 saturated carbocycles. The molecule has 0 saturated heterocycles. The Morgan fingerprint density at radius 2 is 1.87 bits per heavy atom. The van der Waals surface area contributed by atoms with Crippen LogP contribution in [0.25, 0.3) is 0 Å². The fourth-order valence-corrected chi connectivity index (χ4v) is 3.43. The average Bonchev–Trinajstić information content (AvgIpc) is 3.51. The van der Waals surface area contributed by atoms with Crippen LogP contribution >= 0.6 is 28.1 Å². The molecule has 1 aliphatic carbocycles. The van der Waals surface area contributed by atoms with Crippen molar-refractivity contribution in [1.82, 2.24) is 5.32 Å². The van der Waals surface area contributed by atoms with Crippen LogP contribution in [0.1, 0.15) is 42.6 Å². The maximum atomic E-state index is 12.5. The van der Waals surface area contributed by atoms with E-state index in [1.54, 1.807) is 18.2 Å². The van der Waals surface area contributed by atoms with Crippen LogP contribution in [0.5, 0.6) is 5.75 Å². The van der Waals surface area contributed by atoms with Gasteiger partial charge < -0.3 is 15.4 Å². The molecule has 0 heterocycles. The molecule has 1 fully saturated rings. The van der Waals surface area contributed by atoms with Crippen LogP contribution in [0.3, 0.4) is 0 Å². The largest absolute Gasteiger partial charge is 0.490 e. The van der Waals surface area contributed by atoms with Crippen molar-refractivity contribution in [1.29, 1.82) is 0 Å². The van der Waals surface area contributed by atoms with Crippen LogP contribution in [0.2, 0.25) is 0 Å².